The van der Waals surface area contributed by atoms with Crippen molar-refractivity contribution >= 4 is 5.82 Å². The highest BCUT2D eigenvalue weighted by Gasteiger charge is 2.32. The van der Waals surface area contributed by atoms with Crippen molar-refractivity contribution in [3.8, 4) is 0 Å². The van der Waals surface area contributed by atoms with E-state index in [9.17, 15) is 13.2 Å². The number of piperazine rings is 1. The van der Waals surface area contributed by atoms with E-state index in [-0.39, 0.29) is 0 Å². The van der Waals surface area contributed by atoms with Crippen LogP contribution in [0, 0.1) is 0 Å². The lowest BCUT2D eigenvalue weighted by Crippen LogP contribution is -3.14. The third kappa shape index (κ3) is 2.93. The summed E-state index contributed by atoms with van der Waals surface area (Å²) in [5.41, 5.74) is -0.635. The van der Waals surface area contributed by atoms with E-state index in [4.69, 9.17) is 0 Å². The fourth-order valence-corrected chi connectivity index (χ4v) is 2.21. The first-order valence-corrected chi connectivity index (χ1v) is 6.18. The molecule has 0 saturated carbocycles. The second-order valence-electron chi connectivity index (χ2n) is 4.55. The minimum atomic E-state index is -4.28. The molecule has 1 aliphatic rings. The van der Waals surface area contributed by atoms with Gasteiger partial charge in [0, 0.05) is 6.07 Å². The number of H-pyrrole nitrogens is 1. The fourth-order valence-electron chi connectivity index (χ4n) is 2.21. The number of anilines is 1. The topological polar surface area (TPSA) is 21.8 Å². The van der Waals surface area contributed by atoms with E-state index in [2.05, 4.69) is 16.8 Å². The molecule has 0 spiro atoms. The SMILES string of the molecule is CC[NH+]1CCN(c2ccc(C(F)(F)F)c[nH+]2)CC1. The van der Waals surface area contributed by atoms with Crippen molar-refractivity contribution in [2.75, 3.05) is 37.6 Å². The predicted octanol–water partition coefficient (Wildman–Crippen LogP) is 0.244. The van der Waals surface area contributed by atoms with Crippen LogP contribution >= 0.6 is 0 Å². The lowest BCUT2D eigenvalue weighted by Gasteiger charge is -2.27. The number of pyridine rings is 1. The van der Waals surface area contributed by atoms with E-state index in [1.165, 1.54) is 11.0 Å². The van der Waals surface area contributed by atoms with Crippen LogP contribution in [0.15, 0.2) is 18.3 Å². The Morgan fingerprint density at radius 1 is 1.28 bits per heavy atom. The van der Waals surface area contributed by atoms with Crippen LogP contribution in [-0.4, -0.2) is 32.7 Å². The Morgan fingerprint density at radius 3 is 2.39 bits per heavy atom. The highest BCUT2D eigenvalue weighted by Crippen LogP contribution is 2.28. The number of nitrogens with one attached hydrogen (secondary N) is 2. The molecule has 6 heteroatoms. The summed E-state index contributed by atoms with van der Waals surface area (Å²) in [6.07, 6.45) is -3.24. The molecule has 18 heavy (non-hydrogen) atoms. The van der Waals surface area contributed by atoms with Gasteiger partial charge in [-0.15, -0.1) is 0 Å². The normalized spacial score (nSPS) is 18.1. The van der Waals surface area contributed by atoms with Crippen molar-refractivity contribution < 1.29 is 23.1 Å². The average molecular weight is 261 g/mol. The van der Waals surface area contributed by atoms with Gasteiger partial charge in [-0.2, -0.15) is 13.2 Å². The lowest BCUT2D eigenvalue weighted by molar-refractivity contribution is -0.898. The summed E-state index contributed by atoms with van der Waals surface area (Å²) >= 11 is 0. The first kappa shape index (κ1) is 13.1. The minimum absolute atomic E-state index is 0.635. The highest BCUT2D eigenvalue weighted by atomic mass is 19.4. The van der Waals surface area contributed by atoms with Gasteiger partial charge in [-0.3, -0.25) is 4.90 Å². The number of halogens is 3. The maximum Gasteiger partial charge on any atom is 0.419 e. The molecule has 0 unspecified atom stereocenters. The van der Waals surface area contributed by atoms with Crippen molar-refractivity contribution in [1.82, 2.24) is 0 Å². The molecular formula is C12H18F3N3+2. The molecule has 0 atom stereocenters. The molecule has 100 valence electrons. The number of hydrogen-bond donors (Lipinski definition) is 1. The number of nitrogens with zero attached hydrogens (tertiary/aromatic N) is 1. The molecule has 1 aromatic rings. The molecule has 1 aliphatic heterocycles. The summed E-state index contributed by atoms with van der Waals surface area (Å²) < 4.78 is 37.3. The van der Waals surface area contributed by atoms with E-state index < -0.39 is 11.7 Å². The first-order chi connectivity index (χ1) is 8.50. The van der Waals surface area contributed by atoms with Crippen LogP contribution in [0.3, 0.4) is 0 Å². The molecule has 0 aliphatic carbocycles. The molecule has 2 heterocycles. The molecule has 1 saturated heterocycles. The summed E-state index contributed by atoms with van der Waals surface area (Å²) in [6, 6.07) is 2.64. The van der Waals surface area contributed by atoms with Gasteiger partial charge in [-0.1, -0.05) is 0 Å². The first-order valence-electron chi connectivity index (χ1n) is 6.18. The predicted molar refractivity (Wildman–Crippen MR) is 61.5 cm³/mol. The van der Waals surface area contributed by atoms with Crippen molar-refractivity contribution in [3.63, 3.8) is 0 Å². The zero-order valence-electron chi connectivity index (χ0n) is 10.3. The molecule has 0 radical (unpaired) electrons. The third-order valence-corrected chi connectivity index (χ3v) is 3.43. The fraction of sp³-hybridized carbons (Fsp3) is 0.583. The van der Waals surface area contributed by atoms with Gasteiger partial charge < -0.3 is 4.90 Å². The highest BCUT2D eigenvalue weighted by molar-refractivity contribution is 5.34. The van der Waals surface area contributed by atoms with Crippen molar-refractivity contribution in [2.45, 2.75) is 13.1 Å². The quantitative estimate of drug-likeness (QED) is 0.809. The van der Waals surface area contributed by atoms with E-state index in [1.54, 1.807) is 0 Å². The second-order valence-corrected chi connectivity index (χ2v) is 4.55. The van der Waals surface area contributed by atoms with Crippen LogP contribution in [0.1, 0.15) is 12.5 Å². The van der Waals surface area contributed by atoms with Gasteiger partial charge in [0.2, 0.25) is 0 Å². The number of aromatic nitrogens is 1. The Labute approximate surface area is 104 Å². The number of aromatic amines is 1. The Balaban J connectivity index is 2.02. The summed E-state index contributed by atoms with van der Waals surface area (Å²) in [4.78, 5) is 6.38. The maximum atomic E-state index is 12.4. The van der Waals surface area contributed by atoms with Crippen LogP contribution in [-0.2, 0) is 6.18 Å². The Kier molecular flexibility index (Phi) is 3.75. The molecule has 2 N–H and O–H groups in total. The average Bonchev–Trinajstić information content (AvgIpc) is 2.38. The van der Waals surface area contributed by atoms with E-state index in [0.717, 1.165) is 50.8 Å². The summed E-state index contributed by atoms with van der Waals surface area (Å²) in [7, 11) is 0. The molecule has 0 bridgehead atoms. The van der Waals surface area contributed by atoms with Gasteiger partial charge >= 0.3 is 6.18 Å². The second kappa shape index (κ2) is 5.14. The number of quaternary nitrogens is 1. The Morgan fingerprint density at radius 2 is 1.94 bits per heavy atom. The smallest absolute Gasteiger partial charge is 0.329 e. The maximum absolute atomic E-state index is 12.4. The molecule has 3 nitrogen and oxygen atoms in total. The standard InChI is InChI=1S/C12H16F3N3/c1-2-17-5-7-18(8-6-17)11-4-3-10(9-16-11)12(13,14)15/h3-4,9H,2,5-8H2,1H3/p+2. The largest absolute Gasteiger partial charge is 0.419 e. The molecule has 0 amide bonds. The van der Waals surface area contributed by atoms with Crippen LogP contribution in [0.2, 0.25) is 0 Å². The molecular weight excluding hydrogens is 243 g/mol. The van der Waals surface area contributed by atoms with E-state index >= 15 is 0 Å². The van der Waals surface area contributed by atoms with Gasteiger partial charge in [-0.05, 0) is 13.0 Å². The van der Waals surface area contributed by atoms with Gasteiger partial charge in [0.25, 0.3) is 5.82 Å². The van der Waals surface area contributed by atoms with Crippen molar-refractivity contribution in [2.24, 2.45) is 0 Å². The minimum Gasteiger partial charge on any atom is -0.329 e. The third-order valence-electron chi connectivity index (χ3n) is 3.43. The van der Waals surface area contributed by atoms with Crippen molar-refractivity contribution in [1.29, 1.82) is 0 Å². The lowest BCUT2D eigenvalue weighted by atomic mass is 10.2. The summed E-state index contributed by atoms with van der Waals surface area (Å²) in [6.45, 7) is 7.08. The van der Waals surface area contributed by atoms with Gasteiger partial charge in [0.05, 0.1) is 12.1 Å². The zero-order chi connectivity index (χ0) is 13.2. The van der Waals surface area contributed by atoms with E-state index in [1.807, 2.05) is 0 Å². The van der Waals surface area contributed by atoms with Crippen LogP contribution < -0.4 is 14.8 Å². The molecule has 1 aromatic heterocycles. The molecule has 1 fully saturated rings. The number of rotatable bonds is 2. The molecule has 2 rings (SSSR count). The van der Waals surface area contributed by atoms with Gasteiger partial charge in [0.1, 0.15) is 32.4 Å². The van der Waals surface area contributed by atoms with Crippen molar-refractivity contribution in [3.05, 3.63) is 23.9 Å². The van der Waals surface area contributed by atoms with Crippen LogP contribution in [0.5, 0.6) is 0 Å². The van der Waals surface area contributed by atoms with E-state index in [0.29, 0.717) is 0 Å². The summed E-state index contributed by atoms with van der Waals surface area (Å²) in [5, 5.41) is 0. The van der Waals surface area contributed by atoms with Gasteiger partial charge in [0.15, 0.2) is 0 Å². The summed E-state index contributed by atoms with van der Waals surface area (Å²) in [5.74, 6) is 0.762. The zero-order valence-corrected chi connectivity index (χ0v) is 10.3. The number of alkyl halides is 3. The van der Waals surface area contributed by atoms with Crippen LogP contribution in [0.4, 0.5) is 19.0 Å². The Hall–Kier alpha value is -1.30. The number of likely N-dealkylation sites (N-methyl/N-ethyl adjacent to an activating group) is 1. The monoisotopic (exact) mass is 261 g/mol. The molecule has 0 aromatic carbocycles. The Bertz CT molecular complexity index is 381. The van der Waals surface area contributed by atoms with Crippen LogP contribution in [0.25, 0.3) is 0 Å². The van der Waals surface area contributed by atoms with Gasteiger partial charge in [-0.25, -0.2) is 4.98 Å². The number of hydrogen-bond acceptors (Lipinski definition) is 1.